The number of nitrogens with two attached hydrogens (primary N) is 1. The maximum absolute atomic E-state index is 12.9. The van der Waals surface area contributed by atoms with Crippen LogP contribution in [0.5, 0.6) is 0 Å². The molecule has 1 unspecified atom stereocenters. The average Bonchev–Trinajstić information content (AvgIpc) is 2.54. The summed E-state index contributed by atoms with van der Waals surface area (Å²) in [5, 5.41) is 11.1. The molecule has 1 atom stereocenters. The molecule has 0 saturated heterocycles. The van der Waals surface area contributed by atoms with Crippen LogP contribution in [0.1, 0.15) is 63.2 Å². The fraction of sp³-hybridized carbons (Fsp3) is 0.611. The van der Waals surface area contributed by atoms with E-state index in [0.29, 0.717) is 17.7 Å². The van der Waals surface area contributed by atoms with Crippen LogP contribution < -0.4 is 5.73 Å². The summed E-state index contributed by atoms with van der Waals surface area (Å²) in [6.45, 7) is 7.51. The Morgan fingerprint density at radius 2 is 1.65 bits per heavy atom. The summed E-state index contributed by atoms with van der Waals surface area (Å²) in [6.07, 6.45) is 4.34. The van der Waals surface area contributed by atoms with E-state index in [-0.39, 0.29) is 18.2 Å². The number of para-hydroxylation sites is 1. The number of nitrogen functional groups attached to an aromatic ring is 1. The number of hydrogen-bond acceptors (Lipinski definition) is 4. The molecule has 1 aromatic carbocycles. The first kappa shape index (κ1) is 21.9. The first-order valence-corrected chi connectivity index (χ1v) is 8.37. The number of unbranched alkanes of at least 4 members (excludes halogenated alkanes) is 2. The highest BCUT2D eigenvalue weighted by Gasteiger charge is 2.40. The number of aliphatic hydroxyl groups is 1. The molecule has 0 aromatic heterocycles. The van der Waals surface area contributed by atoms with E-state index >= 15 is 0 Å². The molecule has 3 N–H and O–H groups in total. The highest BCUT2D eigenvalue weighted by Crippen LogP contribution is 2.26. The van der Waals surface area contributed by atoms with Gasteiger partial charge in [-0.3, -0.25) is 9.69 Å². The monoisotopic (exact) mass is 342 g/mol. The Bertz CT molecular complexity index is 474. The number of hydrogen-bond donors (Lipinski definition) is 2. The Kier molecular flexibility index (Phi) is 10.1. The molecular weight excluding hydrogens is 312 g/mol. The molecule has 132 valence electrons. The number of Topliss-reactive ketones (excluding diaryl/α,β-unsaturated/α-hetero) is 1. The zero-order valence-corrected chi connectivity index (χ0v) is 15.4. The maximum Gasteiger partial charge on any atom is 0.211 e. The molecule has 1 aromatic rings. The van der Waals surface area contributed by atoms with Crippen molar-refractivity contribution < 1.29 is 9.90 Å². The minimum absolute atomic E-state index is 0. The molecule has 0 aliphatic heterocycles. The second kappa shape index (κ2) is 10.6. The Hall–Kier alpha value is -1.10. The Morgan fingerprint density at radius 3 is 2.09 bits per heavy atom. The predicted molar refractivity (Wildman–Crippen MR) is 99.1 cm³/mol. The van der Waals surface area contributed by atoms with Crippen molar-refractivity contribution in [2.45, 2.75) is 58.6 Å². The van der Waals surface area contributed by atoms with Gasteiger partial charge in [0.2, 0.25) is 5.78 Å². The molecule has 0 saturated carbocycles. The van der Waals surface area contributed by atoms with Crippen molar-refractivity contribution >= 4 is 23.9 Å². The highest BCUT2D eigenvalue weighted by atomic mass is 35.5. The summed E-state index contributed by atoms with van der Waals surface area (Å²) < 4.78 is 0. The normalized spacial score (nSPS) is 13.4. The number of carbonyl (C=O) groups excluding carboxylic acids is 1. The molecule has 0 radical (unpaired) electrons. The lowest BCUT2D eigenvalue weighted by atomic mass is 9.94. The topological polar surface area (TPSA) is 66.6 Å². The van der Waals surface area contributed by atoms with Crippen LogP contribution in [0.2, 0.25) is 0 Å². The SMILES string of the molecule is CCCCN(CCCC)C(O)(CC)C(=O)c1ccccc1N.Cl. The molecule has 0 aliphatic rings. The van der Waals surface area contributed by atoms with Crippen molar-refractivity contribution in [2.75, 3.05) is 18.8 Å². The Morgan fingerprint density at radius 1 is 1.13 bits per heavy atom. The van der Waals surface area contributed by atoms with Crippen LogP contribution in [0, 0.1) is 0 Å². The van der Waals surface area contributed by atoms with Crippen molar-refractivity contribution in [1.29, 1.82) is 0 Å². The summed E-state index contributed by atoms with van der Waals surface area (Å²) in [7, 11) is 0. The Balaban J connectivity index is 0.00000484. The van der Waals surface area contributed by atoms with E-state index in [4.69, 9.17) is 5.73 Å². The lowest BCUT2D eigenvalue weighted by molar-refractivity contribution is -0.0801. The van der Waals surface area contributed by atoms with Crippen LogP contribution in [0.15, 0.2) is 24.3 Å². The molecule has 5 heteroatoms. The van der Waals surface area contributed by atoms with Crippen molar-refractivity contribution in [2.24, 2.45) is 0 Å². The molecule has 0 fully saturated rings. The fourth-order valence-corrected chi connectivity index (χ4v) is 2.63. The van der Waals surface area contributed by atoms with Crippen LogP contribution in [0.4, 0.5) is 5.69 Å². The second-order valence-electron chi connectivity index (χ2n) is 5.78. The van der Waals surface area contributed by atoms with Crippen LogP contribution in [0.3, 0.4) is 0 Å². The minimum Gasteiger partial charge on any atom is -0.398 e. The van der Waals surface area contributed by atoms with Gasteiger partial charge < -0.3 is 10.8 Å². The van der Waals surface area contributed by atoms with Gasteiger partial charge in [-0.2, -0.15) is 0 Å². The van der Waals surface area contributed by atoms with E-state index in [0.717, 1.165) is 38.8 Å². The number of nitrogens with zero attached hydrogens (tertiary/aromatic N) is 1. The van der Waals surface area contributed by atoms with Gasteiger partial charge in [-0.05, 0) is 31.4 Å². The van der Waals surface area contributed by atoms with E-state index in [1.54, 1.807) is 24.3 Å². The lowest BCUT2D eigenvalue weighted by Crippen LogP contribution is -2.55. The van der Waals surface area contributed by atoms with Gasteiger partial charge in [-0.15, -0.1) is 12.4 Å². The van der Waals surface area contributed by atoms with Crippen LogP contribution in [-0.4, -0.2) is 34.6 Å². The zero-order valence-electron chi connectivity index (χ0n) is 14.5. The molecule has 0 spiro atoms. The zero-order chi connectivity index (χ0) is 16.6. The summed E-state index contributed by atoms with van der Waals surface area (Å²) in [4.78, 5) is 14.8. The molecular formula is C18H31ClN2O2. The number of rotatable bonds is 10. The second-order valence-corrected chi connectivity index (χ2v) is 5.78. The quantitative estimate of drug-likeness (QED) is 0.385. The van der Waals surface area contributed by atoms with Gasteiger partial charge in [-0.25, -0.2) is 0 Å². The van der Waals surface area contributed by atoms with Gasteiger partial charge in [0.1, 0.15) is 0 Å². The third kappa shape index (κ3) is 5.48. The predicted octanol–water partition coefficient (Wildman–Crippen LogP) is 3.87. The van der Waals surface area contributed by atoms with Crippen molar-refractivity contribution in [3.63, 3.8) is 0 Å². The van der Waals surface area contributed by atoms with Crippen LogP contribution >= 0.6 is 12.4 Å². The van der Waals surface area contributed by atoms with Crippen molar-refractivity contribution in [1.82, 2.24) is 4.90 Å². The van der Waals surface area contributed by atoms with Gasteiger partial charge in [-0.1, -0.05) is 45.7 Å². The first-order chi connectivity index (χ1) is 10.5. The summed E-state index contributed by atoms with van der Waals surface area (Å²) in [6, 6.07) is 6.97. The van der Waals surface area contributed by atoms with Gasteiger partial charge >= 0.3 is 0 Å². The number of anilines is 1. The first-order valence-electron chi connectivity index (χ1n) is 8.37. The molecule has 0 amide bonds. The standard InChI is InChI=1S/C18H30N2O2.ClH/c1-4-7-13-20(14-8-5-2)18(22,6-3)17(21)15-11-9-10-12-16(15)19;/h9-12,22H,4-8,13-14,19H2,1-3H3;1H. The number of benzene rings is 1. The number of ketones is 1. The maximum atomic E-state index is 12.9. The largest absolute Gasteiger partial charge is 0.398 e. The molecule has 0 aliphatic carbocycles. The minimum atomic E-state index is -1.47. The van der Waals surface area contributed by atoms with E-state index in [1.807, 2.05) is 11.8 Å². The smallest absolute Gasteiger partial charge is 0.211 e. The lowest BCUT2D eigenvalue weighted by Gasteiger charge is -2.38. The molecule has 4 nitrogen and oxygen atoms in total. The van der Waals surface area contributed by atoms with Gasteiger partial charge in [0.05, 0.1) is 0 Å². The van der Waals surface area contributed by atoms with Gasteiger partial charge in [0.15, 0.2) is 5.72 Å². The van der Waals surface area contributed by atoms with Crippen LogP contribution in [-0.2, 0) is 0 Å². The van der Waals surface area contributed by atoms with Gasteiger partial charge in [0, 0.05) is 24.3 Å². The van der Waals surface area contributed by atoms with Crippen LogP contribution in [0.25, 0.3) is 0 Å². The Labute approximate surface area is 146 Å². The number of carbonyl (C=O) groups is 1. The highest BCUT2D eigenvalue weighted by molar-refractivity contribution is 6.05. The summed E-state index contributed by atoms with van der Waals surface area (Å²) >= 11 is 0. The average molecular weight is 343 g/mol. The molecule has 0 heterocycles. The van der Waals surface area contributed by atoms with E-state index < -0.39 is 5.72 Å². The van der Waals surface area contributed by atoms with E-state index in [9.17, 15) is 9.90 Å². The molecule has 23 heavy (non-hydrogen) atoms. The number of halogens is 1. The fourth-order valence-electron chi connectivity index (χ4n) is 2.63. The molecule has 1 rings (SSSR count). The summed E-state index contributed by atoms with van der Waals surface area (Å²) in [5.74, 6) is -0.291. The van der Waals surface area contributed by atoms with Crippen molar-refractivity contribution in [3.05, 3.63) is 29.8 Å². The third-order valence-electron chi connectivity index (χ3n) is 4.15. The van der Waals surface area contributed by atoms with E-state index in [2.05, 4.69) is 13.8 Å². The van der Waals surface area contributed by atoms with E-state index in [1.165, 1.54) is 0 Å². The molecule has 0 bridgehead atoms. The third-order valence-corrected chi connectivity index (χ3v) is 4.15. The summed E-state index contributed by atoms with van der Waals surface area (Å²) in [5.41, 5.74) is 5.28. The van der Waals surface area contributed by atoms with Gasteiger partial charge in [0.25, 0.3) is 0 Å². The van der Waals surface area contributed by atoms with Crippen molar-refractivity contribution in [3.8, 4) is 0 Å².